The van der Waals surface area contributed by atoms with Crippen LogP contribution < -0.4 is 14.8 Å². The Balaban J connectivity index is 1.78. The van der Waals surface area contributed by atoms with Crippen molar-refractivity contribution in [1.29, 1.82) is 0 Å². The van der Waals surface area contributed by atoms with Gasteiger partial charge in [0.2, 0.25) is 0 Å². The number of rotatable bonds is 8. The van der Waals surface area contributed by atoms with Crippen molar-refractivity contribution in [3.8, 4) is 11.5 Å². The lowest BCUT2D eigenvalue weighted by Gasteiger charge is -2.13. The van der Waals surface area contributed by atoms with Crippen molar-refractivity contribution in [3.05, 3.63) is 71.8 Å². The van der Waals surface area contributed by atoms with E-state index in [4.69, 9.17) is 9.47 Å². The number of carbonyl (C=O) groups excluding carboxylic acids is 1. The fourth-order valence-corrected chi connectivity index (χ4v) is 2.99. The molecule has 4 nitrogen and oxygen atoms in total. The lowest BCUT2D eigenvalue weighted by Crippen LogP contribution is -2.24. The Hall–Kier alpha value is -3.01. The molecule has 0 unspecified atom stereocenters. The second-order valence-corrected chi connectivity index (χ2v) is 6.40. The first-order chi connectivity index (χ1) is 13.2. The average molecular weight is 363 g/mol. The largest absolute Gasteiger partial charge is 0.496 e. The van der Waals surface area contributed by atoms with Gasteiger partial charge < -0.3 is 14.8 Å². The highest BCUT2D eigenvalue weighted by molar-refractivity contribution is 5.94. The van der Waals surface area contributed by atoms with Crippen LogP contribution in [0.2, 0.25) is 0 Å². The van der Waals surface area contributed by atoms with Gasteiger partial charge in [-0.1, -0.05) is 49.7 Å². The molecule has 0 saturated carbocycles. The molecule has 0 heterocycles. The molecular formula is C23H25NO3. The van der Waals surface area contributed by atoms with E-state index in [-0.39, 0.29) is 5.91 Å². The zero-order chi connectivity index (χ0) is 19.1. The summed E-state index contributed by atoms with van der Waals surface area (Å²) >= 11 is 0. The molecule has 0 radical (unpaired) electrons. The van der Waals surface area contributed by atoms with Crippen LogP contribution >= 0.6 is 0 Å². The van der Waals surface area contributed by atoms with Gasteiger partial charge in [-0.05, 0) is 36.1 Å². The smallest absolute Gasteiger partial charge is 0.251 e. The molecule has 3 rings (SSSR count). The molecular weight excluding hydrogens is 338 g/mol. The molecule has 1 N–H and O–H groups in total. The SMILES string of the molecule is CCCCNC(=O)c1ccc(OC)c(COc2cccc3ccccc23)c1. The zero-order valence-electron chi connectivity index (χ0n) is 15.8. The number of amides is 1. The van der Waals surface area contributed by atoms with Gasteiger partial charge in [0.05, 0.1) is 7.11 Å². The minimum Gasteiger partial charge on any atom is -0.496 e. The molecule has 27 heavy (non-hydrogen) atoms. The minimum absolute atomic E-state index is 0.0717. The molecule has 0 aromatic heterocycles. The molecule has 0 aliphatic carbocycles. The van der Waals surface area contributed by atoms with Gasteiger partial charge in [0.1, 0.15) is 18.1 Å². The summed E-state index contributed by atoms with van der Waals surface area (Å²) in [5, 5.41) is 5.13. The maximum absolute atomic E-state index is 12.3. The summed E-state index contributed by atoms with van der Waals surface area (Å²) in [4.78, 5) is 12.3. The Labute approximate surface area is 160 Å². The van der Waals surface area contributed by atoms with E-state index in [0.717, 1.165) is 34.9 Å². The van der Waals surface area contributed by atoms with Crippen molar-refractivity contribution >= 4 is 16.7 Å². The predicted molar refractivity (Wildman–Crippen MR) is 109 cm³/mol. The maximum Gasteiger partial charge on any atom is 0.251 e. The highest BCUT2D eigenvalue weighted by atomic mass is 16.5. The van der Waals surface area contributed by atoms with Crippen LogP contribution in [-0.2, 0) is 6.61 Å². The summed E-state index contributed by atoms with van der Waals surface area (Å²) in [6, 6.07) is 19.5. The van der Waals surface area contributed by atoms with Crippen LogP contribution in [0.4, 0.5) is 0 Å². The Bertz CT molecular complexity index is 915. The van der Waals surface area contributed by atoms with E-state index < -0.39 is 0 Å². The molecule has 140 valence electrons. The quantitative estimate of drug-likeness (QED) is 0.576. The molecule has 0 saturated heterocycles. The van der Waals surface area contributed by atoms with E-state index in [1.165, 1.54) is 0 Å². The normalized spacial score (nSPS) is 10.6. The van der Waals surface area contributed by atoms with Gasteiger partial charge >= 0.3 is 0 Å². The summed E-state index contributed by atoms with van der Waals surface area (Å²) < 4.78 is 11.5. The summed E-state index contributed by atoms with van der Waals surface area (Å²) in [7, 11) is 1.62. The van der Waals surface area contributed by atoms with Crippen molar-refractivity contribution in [2.75, 3.05) is 13.7 Å². The van der Waals surface area contributed by atoms with E-state index in [0.29, 0.717) is 24.5 Å². The van der Waals surface area contributed by atoms with Crippen molar-refractivity contribution in [1.82, 2.24) is 5.32 Å². The lowest BCUT2D eigenvalue weighted by atomic mass is 10.1. The molecule has 0 fully saturated rings. The van der Waals surface area contributed by atoms with Crippen LogP contribution in [-0.4, -0.2) is 19.6 Å². The standard InChI is InChI=1S/C23H25NO3/c1-3-4-14-24-23(25)18-12-13-21(26-2)19(15-18)16-27-22-11-7-9-17-8-5-6-10-20(17)22/h5-13,15H,3-4,14,16H2,1-2H3,(H,24,25). The van der Waals surface area contributed by atoms with E-state index in [2.05, 4.69) is 24.4 Å². The Morgan fingerprint density at radius 3 is 2.63 bits per heavy atom. The first-order valence-electron chi connectivity index (χ1n) is 9.28. The third kappa shape index (κ3) is 4.59. The molecule has 0 aliphatic rings. The topological polar surface area (TPSA) is 47.6 Å². The van der Waals surface area contributed by atoms with E-state index >= 15 is 0 Å². The van der Waals surface area contributed by atoms with Crippen LogP contribution in [0.25, 0.3) is 10.8 Å². The van der Waals surface area contributed by atoms with Gasteiger partial charge in [0, 0.05) is 23.1 Å². The number of unbranched alkanes of at least 4 members (excludes halogenated alkanes) is 1. The second kappa shape index (κ2) is 9.08. The number of carbonyl (C=O) groups is 1. The third-order valence-corrected chi connectivity index (χ3v) is 4.49. The Morgan fingerprint density at radius 2 is 1.81 bits per heavy atom. The Kier molecular flexibility index (Phi) is 6.31. The second-order valence-electron chi connectivity index (χ2n) is 6.40. The molecule has 0 atom stereocenters. The molecule has 3 aromatic rings. The highest BCUT2D eigenvalue weighted by Crippen LogP contribution is 2.28. The lowest BCUT2D eigenvalue weighted by molar-refractivity contribution is 0.0953. The maximum atomic E-state index is 12.3. The number of nitrogens with one attached hydrogen (secondary N) is 1. The van der Waals surface area contributed by atoms with Crippen molar-refractivity contribution < 1.29 is 14.3 Å². The van der Waals surface area contributed by atoms with Gasteiger partial charge in [0.25, 0.3) is 5.91 Å². The van der Waals surface area contributed by atoms with Crippen molar-refractivity contribution in [2.24, 2.45) is 0 Å². The van der Waals surface area contributed by atoms with Crippen molar-refractivity contribution in [3.63, 3.8) is 0 Å². The fourth-order valence-electron chi connectivity index (χ4n) is 2.99. The van der Waals surface area contributed by atoms with Gasteiger partial charge in [0.15, 0.2) is 0 Å². The third-order valence-electron chi connectivity index (χ3n) is 4.49. The van der Waals surface area contributed by atoms with Crippen LogP contribution in [0.15, 0.2) is 60.7 Å². The number of hydrogen-bond acceptors (Lipinski definition) is 3. The number of benzene rings is 3. The number of methoxy groups -OCH3 is 1. The van der Waals surface area contributed by atoms with E-state index in [1.807, 2.05) is 42.5 Å². The number of fused-ring (bicyclic) bond motifs is 1. The number of hydrogen-bond donors (Lipinski definition) is 1. The summed E-state index contributed by atoms with van der Waals surface area (Å²) in [5.41, 5.74) is 1.46. The summed E-state index contributed by atoms with van der Waals surface area (Å²) in [6.07, 6.45) is 2.02. The molecule has 0 aliphatic heterocycles. The first kappa shape index (κ1) is 18.8. The fraction of sp³-hybridized carbons (Fsp3) is 0.261. The molecule has 0 bridgehead atoms. The van der Waals surface area contributed by atoms with Gasteiger partial charge in [-0.2, -0.15) is 0 Å². The van der Waals surface area contributed by atoms with Crippen molar-refractivity contribution in [2.45, 2.75) is 26.4 Å². The van der Waals surface area contributed by atoms with Crippen LogP contribution in [0.1, 0.15) is 35.7 Å². The van der Waals surface area contributed by atoms with Gasteiger partial charge in [-0.25, -0.2) is 0 Å². The summed E-state index contributed by atoms with van der Waals surface area (Å²) in [6.45, 7) is 3.11. The van der Waals surface area contributed by atoms with E-state index in [1.54, 1.807) is 13.2 Å². The molecule has 4 heteroatoms. The van der Waals surface area contributed by atoms with E-state index in [9.17, 15) is 4.79 Å². The van der Waals surface area contributed by atoms with Crippen LogP contribution in [0.5, 0.6) is 11.5 Å². The summed E-state index contributed by atoms with van der Waals surface area (Å²) in [5.74, 6) is 1.45. The van der Waals surface area contributed by atoms with Crippen LogP contribution in [0, 0.1) is 0 Å². The average Bonchev–Trinajstić information content (AvgIpc) is 2.72. The predicted octanol–water partition coefficient (Wildman–Crippen LogP) is 4.96. The number of ether oxygens (including phenoxy) is 2. The minimum atomic E-state index is -0.0717. The highest BCUT2D eigenvalue weighted by Gasteiger charge is 2.11. The molecule has 1 amide bonds. The van der Waals surface area contributed by atoms with Gasteiger partial charge in [-0.3, -0.25) is 4.79 Å². The van der Waals surface area contributed by atoms with Crippen LogP contribution in [0.3, 0.4) is 0 Å². The zero-order valence-corrected chi connectivity index (χ0v) is 15.8. The molecule has 0 spiro atoms. The van der Waals surface area contributed by atoms with Gasteiger partial charge in [-0.15, -0.1) is 0 Å². The molecule has 3 aromatic carbocycles. The monoisotopic (exact) mass is 363 g/mol. The first-order valence-corrected chi connectivity index (χ1v) is 9.28. The Morgan fingerprint density at radius 1 is 1.00 bits per heavy atom.